The SMILES string of the molecule is CNC(C)CNC(=O)CC(NC(N)=O)c1cccs1. The summed E-state index contributed by atoms with van der Waals surface area (Å²) in [5, 5.41) is 10.3. The monoisotopic (exact) mass is 284 g/mol. The van der Waals surface area contributed by atoms with Gasteiger partial charge in [-0.3, -0.25) is 4.79 Å². The fourth-order valence-corrected chi connectivity index (χ4v) is 2.29. The van der Waals surface area contributed by atoms with Crippen LogP contribution in [0.1, 0.15) is 24.3 Å². The van der Waals surface area contributed by atoms with Crippen LogP contribution in [0, 0.1) is 0 Å². The van der Waals surface area contributed by atoms with Gasteiger partial charge in [0.25, 0.3) is 0 Å². The second kappa shape index (κ2) is 7.75. The first-order valence-corrected chi connectivity index (χ1v) is 6.94. The van der Waals surface area contributed by atoms with Gasteiger partial charge in [-0.05, 0) is 25.4 Å². The number of hydrogen-bond acceptors (Lipinski definition) is 4. The molecule has 0 aliphatic rings. The summed E-state index contributed by atoms with van der Waals surface area (Å²) in [7, 11) is 1.83. The molecule has 0 radical (unpaired) electrons. The van der Waals surface area contributed by atoms with E-state index in [2.05, 4.69) is 16.0 Å². The molecule has 3 amide bonds. The van der Waals surface area contributed by atoms with Crippen LogP contribution in [-0.2, 0) is 4.79 Å². The molecule has 19 heavy (non-hydrogen) atoms. The third-order valence-corrected chi connectivity index (χ3v) is 3.68. The van der Waals surface area contributed by atoms with E-state index in [4.69, 9.17) is 5.73 Å². The van der Waals surface area contributed by atoms with Crippen molar-refractivity contribution in [1.82, 2.24) is 16.0 Å². The van der Waals surface area contributed by atoms with Crippen molar-refractivity contribution in [3.63, 3.8) is 0 Å². The van der Waals surface area contributed by atoms with E-state index in [-0.39, 0.29) is 24.4 Å². The molecule has 0 bridgehead atoms. The maximum atomic E-state index is 11.8. The van der Waals surface area contributed by atoms with Crippen LogP contribution in [0.5, 0.6) is 0 Å². The van der Waals surface area contributed by atoms with E-state index in [9.17, 15) is 9.59 Å². The highest BCUT2D eigenvalue weighted by atomic mass is 32.1. The van der Waals surface area contributed by atoms with Crippen LogP contribution in [-0.4, -0.2) is 31.6 Å². The number of carbonyl (C=O) groups is 2. The molecule has 0 saturated heterocycles. The highest BCUT2D eigenvalue weighted by Gasteiger charge is 2.18. The number of amides is 3. The highest BCUT2D eigenvalue weighted by Crippen LogP contribution is 2.21. The van der Waals surface area contributed by atoms with Crippen molar-refractivity contribution in [2.75, 3.05) is 13.6 Å². The van der Waals surface area contributed by atoms with Gasteiger partial charge in [0.05, 0.1) is 12.5 Å². The van der Waals surface area contributed by atoms with Gasteiger partial charge in [-0.1, -0.05) is 6.07 Å². The number of carbonyl (C=O) groups excluding carboxylic acids is 2. The minimum Gasteiger partial charge on any atom is -0.354 e. The standard InChI is InChI=1S/C12H20N4O2S/c1-8(14-2)7-15-11(17)6-9(16-12(13)18)10-4-3-5-19-10/h3-5,8-9,14H,6-7H2,1-2H3,(H,15,17)(H3,13,16,18). The number of hydrogen-bond donors (Lipinski definition) is 4. The summed E-state index contributed by atoms with van der Waals surface area (Å²) in [6.07, 6.45) is 0.180. The van der Waals surface area contributed by atoms with Gasteiger partial charge in [0.2, 0.25) is 5.91 Å². The van der Waals surface area contributed by atoms with Gasteiger partial charge in [-0.2, -0.15) is 0 Å². The molecule has 0 spiro atoms. The first-order chi connectivity index (χ1) is 9.02. The van der Waals surface area contributed by atoms with E-state index >= 15 is 0 Å². The van der Waals surface area contributed by atoms with Crippen molar-refractivity contribution in [1.29, 1.82) is 0 Å². The van der Waals surface area contributed by atoms with Crippen molar-refractivity contribution in [2.24, 2.45) is 5.73 Å². The second-order valence-electron chi connectivity index (χ2n) is 4.27. The Morgan fingerprint density at radius 3 is 2.74 bits per heavy atom. The minimum absolute atomic E-state index is 0.116. The Morgan fingerprint density at radius 2 is 2.21 bits per heavy atom. The second-order valence-corrected chi connectivity index (χ2v) is 5.25. The Balaban J connectivity index is 2.53. The van der Waals surface area contributed by atoms with E-state index in [0.717, 1.165) is 4.88 Å². The fourth-order valence-electron chi connectivity index (χ4n) is 1.51. The van der Waals surface area contributed by atoms with Gasteiger partial charge < -0.3 is 21.7 Å². The number of rotatable bonds is 7. The van der Waals surface area contributed by atoms with E-state index in [1.165, 1.54) is 11.3 Å². The largest absolute Gasteiger partial charge is 0.354 e. The summed E-state index contributed by atoms with van der Waals surface area (Å²) >= 11 is 1.48. The normalized spacial score (nSPS) is 13.6. The quantitative estimate of drug-likeness (QED) is 0.589. The maximum Gasteiger partial charge on any atom is 0.312 e. The Morgan fingerprint density at radius 1 is 1.47 bits per heavy atom. The number of nitrogens with one attached hydrogen (secondary N) is 3. The molecule has 0 aliphatic carbocycles. The third kappa shape index (κ3) is 5.71. The molecular formula is C12H20N4O2S. The highest BCUT2D eigenvalue weighted by molar-refractivity contribution is 7.10. The van der Waals surface area contributed by atoms with Crippen LogP contribution in [0.3, 0.4) is 0 Å². The zero-order valence-corrected chi connectivity index (χ0v) is 11.9. The van der Waals surface area contributed by atoms with Crippen LogP contribution in [0.15, 0.2) is 17.5 Å². The lowest BCUT2D eigenvalue weighted by Gasteiger charge is -2.17. The third-order valence-electron chi connectivity index (χ3n) is 2.69. The van der Waals surface area contributed by atoms with Crippen LogP contribution >= 0.6 is 11.3 Å². The van der Waals surface area contributed by atoms with E-state index in [1.807, 2.05) is 31.5 Å². The van der Waals surface area contributed by atoms with Crippen LogP contribution in [0.4, 0.5) is 4.79 Å². The number of likely N-dealkylation sites (N-methyl/N-ethyl adjacent to an activating group) is 1. The molecule has 1 rings (SSSR count). The number of urea groups is 1. The van der Waals surface area contributed by atoms with Crippen molar-refractivity contribution in [3.05, 3.63) is 22.4 Å². The van der Waals surface area contributed by atoms with Gasteiger partial charge in [-0.25, -0.2) is 4.79 Å². The summed E-state index contributed by atoms with van der Waals surface area (Å²) in [6.45, 7) is 2.52. The molecule has 0 fully saturated rings. The van der Waals surface area contributed by atoms with Crippen molar-refractivity contribution < 1.29 is 9.59 Å². The maximum absolute atomic E-state index is 11.8. The van der Waals surface area contributed by atoms with E-state index < -0.39 is 6.03 Å². The molecule has 106 valence electrons. The molecule has 0 aliphatic heterocycles. The van der Waals surface area contributed by atoms with Crippen molar-refractivity contribution in [2.45, 2.75) is 25.4 Å². The lowest BCUT2D eigenvalue weighted by atomic mass is 10.1. The van der Waals surface area contributed by atoms with Crippen molar-refractivity contribution in [3.8, 4) is 0 Å². The molecule has 2 unspecified atom stereocenters. The smallest absolute Gasteiger partial charge is 0.312 e. The molecular weight excluding hydrogens is 264 g/mol. The summed E-state index contributed by atoms with van der Waals surface area (Å²) in [5.41, 5.74) is 5.13. The summed E-state index contributed by atoms with van der Waals surface area (Å²) in [4.78, 5) is 23.7. The number of thiophene rings is 1. The summed E-state index contributed by atoms with van der Waals surface area (Å²) in [6, 6.07) is 2.94. The lowest BCUT2D eigenvalue weighted by molar-refractivity contribution is -0.121. The molecule has 0 saturated carbocycles. The van der Waals surface area contributed by atoms with Gasteiger partial charge >= 0.3 is 6.03 Å². The Labute approximate surface area is 116 Å². The predicted octanol–water partition coefficient (Wildman–Crippen LogP) is 0.572. The van der Waals surface area contributed by atoms with Crippen LogP contribution < -0.4 is 21.7 Å². The Hall–Kier alpha value is -1.60. The van der Waals surface area contributed by atoms with Crippen LogP contribution in [0.25, 0.3) is 0 Å². The van der Waals surface area contributed by atoms with Gasteiger partial charge in [0, 0.05) is 17.5 Å². The summed E-state index contributed by atoms with van der Waals surface area (Å²) < 4.78 is 0. The van der Waals surface area contributed by atoms with E-state index in [0.29, 0.717) is 6.54 Å². The average Bonchev–Trinajstić information content (AvgIpc) is 2.88. The number of nitrogens with two attached hydrogens (primary N) is 1. The summed E-state index contributed by atoms with van der Waals surface area (Å²) in [5.74, 6) is -0.116. The molecule has 7 heteroatoms. The molecule has 2 atom stereocenters. The van der Waals surface area contributed by atoms with E-state index in [1.54, 1.807) is 0 Å². The first-order valence-electron chi connectivity index (χ1n) is 6.06. The molecule has 0 aromatic carbocycles. The fraction of sp³-hybridized carbons (Fsp3) is 0.500. The molecule has 1 heterocycles. The molecule has 6 nitrogen and oxygen atoms in total. The molecule has 5 N–H and O–H groups in total. The molecule has 1 aromatic rings. The first kappa shape index (κ1) is 15.5. The average molecular weight is 284 g/mol. The lowest BCUT2D eigenvalue weighted by Crippen LogP contribution is -2.40. The van der Waals surface area contributed by atoms with Gasteiger partial charge in [0.1, 0.15) is 0 Å². The Bertz CT molecular complexity index is 408. The number of primary amides is 1. The molecule has 1 aromatic heterocycles. The minimum atomic E-state index is -0.630. The van der Waals surface area contributed by atoms with Crippen molar-refractivity contribution >= 4 is 23.3 Å². The zero-order valence-electron chi connectivity index (χ0n) is 11.1. The Kier molecular flexibility index (Phi) is 6.31. The van der Waals surface area contributed by atoms with Gasteiger partial charge in [0.15, 0.2) is 0 Å². The topological polar surface area (TPSA) is 96.2 Å². The van der Waals surface area contributed by atoms with Crippen LogP contribution in [0.2, 0.25) is 0 Å². The zero-order chi connectivity index (χ0) is 14.3. The van der Waals surface area contributed by atoms with Gasteiger partial charge in [-0.15, -0.1) is 11.3 Å². The predicted molar refractivity (Wildman–Crippen MR) is 75.9 cm³/mol.